The van der Waals surface area contributed by atoms with Crippen molar-refractivity contribution in [3.8, 4) is 11.3 Å². The summed E-state index contributed by atoms with van der Waals surface area (Å²) in [6, 6.07) is 22.9. The summed E-state index contributed by atoms with van der Waals surface area (Å²) in [5, 5.41) is 4.91. The molecule has 4 aromatic rings. The molecule has 32 heavy (non-hydrogen) atoms. The molecule has 6 nitrogen and oxygen atoms in total. The molecule has 2 heterocycles. The molecular formula is C25H21ClN4O2. The molecule has 1 aliphatic heterocycles. The quantitative estimate of drug-likeness (QED) is 0.470. The van der Waals surface area contributed by atoms with Crippen LogP contribution in [0.2, 0.25) is 5.02 Å². The number of aromatic nitrogens is 2. The van der Waals surface area contributed by atoms with Crippen LogP contribution in [0.4, 0.5) is 11.6 Å². The van der Waals surface area contributed by atoms with Crippen molar-refractivity contribution >= 4 is 40.0 Å². The summed E-state index contributed by atoms with van der Waals surface area (Å²) in [6.07, 6.45) is 0. The number of carbonyl (C=O) groups is 1. The second-order valence-electron chi connectivity index (χ2n) is 7.53. The van der Waals surface area contributed by atoms with Gasteiger partial charge in [0, 0.05) is 40.3 Å². The summed E-state index contributed by atoms with van der Waals surface area (Å²) in [5.74, 6) is 0.507. The van der Waals surface area contributed by atoms with Gasteiger partial charge in [-0.3, -0.25) is 4.79 Å². The number of anilines is 2. The summed E-state index contributed by atoms with van der Waals surface area (Å²) >= 11 is 6.06. The van der Waals surface area contributed by atoms with Crippen molar-refractivity contribution in [3.05, 3.63) is 83.4 Å². The van der Waals surface area contributed by atoms with Crippen LogP contribution in [-0.2, 0) is 4.74 Å². The van der Waals surface area contributed by atoms with Crippen molar-refractivity contribution < 1.29 is 9.53 Å². The Kier molecular flexibility index (Phi) is 5.71. The summed E-state index contributed by atoms with van der Waals surface area (Å²) < 4.78 is 5.32. The molecule has 1 aromatic heterocycles. The van der Waals surface area contributed by atoms with Crippen LogP contribution in [0.3, 0.4) is 0 Å². The maximum atomic E-state index is 12.7. The molecule has 5 rings (SSSR count). The van der Waals surface area contributed by atoms with Gasteiger partial charge in [-0.15, -0.1) is 0 Å². The molecule has 0 radical (unpaired) electrons. The highest BCUT2D eigenvalue weighted by Gasteiger charge is 2.18. The van der Waals surface area contributed by atoms with E-state index in [-0.39, 0.29) is 5.91 Å². The van der Waals surface area contributed by atoms with E-state index in [1.165, 1.54) is 0 Å². The predicted octanol–water partition coefficient (Wildman–Crippen LogP) is 5.17. The predicted molar refractivity (Wildman–Crippen MR) is 126 cm³/mol. The van der Waals surface area contributed by atoms with Crippen LogP contribution in [0.25, 0.3) is 22.2 Å². The van der Waals surface area contributed by atoms with Crippen LogP contribution >= 0.6 is 11.6 Å². The van der Waals surface area contributed by atoms with Crippen molar-refractivity contribution in [2.75, 3.05) is 31.6 Å². The Morgan fingerprint density at radius 2 is 1.62 bits per heavy atom. The lowest BCUT2D eigenvalue weighted by molar-refractivity contribution is 0.0303. The monoisotopic (exact) mass is 444 g/mol. The van der Waals surface area contributed by atoms with Gasteiger partial charge in [0.25, 0.3) is 5.91 Å². The van der Waals surface area contributed by atoms with Crippen LogP contribution in [0.1, 0.15) is 10.4 Å². The zero-order chi connectivity index (χ0) is 21.9. The van der Waals surface area contributed by atoms with Gasteiger partial charge in [-0.05, 0) is 42.5 Å². The molecule has 0 aliphatic carbocycles. The first-order valence-electron chi connectivity index (χ1n) is 10.4. The molecule has 1 fully saturated rings. The van der Waals surface area contributed by atoms with Gasteiger partial charge in [-0.25, -0.2) is 9.97 Å². The largest absolute Gasteiger partial charge is 0.378 e. The Morgan fingerprint density at radius 3 is 2.38 bits per heavy atom. The molecule has 1 saturated heterocycles. The third kappa shape index (κ3) is 4.28. The smallest absolute Gasteiger partial charge is 0.254 e. The summed E-state index contributed by atoms with van der Waals surface area (Å²) in [6.45, 7) is 2.41. The van der Waals surface area contributed by atoms with Gasteiger partial charge in [-0.2, -0.15) is 0 Å². The van der Waals surface area contributed by atoms with Crippen molar-refractivity contribution in [3.63, 3.8) is 0 Å². The molecule has 0 bridgehead atoms. The van der Waals surface area contributed by atoms with E-state index in [4.69, 9.17) is 21.3 Å². The van der Waals surface area contributed by atoms with Crippen molar-refractivity contribution in [1.29, 1.82) is 0 Å². The van der Waals surface area contributed by atoms with E-state index in [1.54, 1.807) is 0 Å². The lowest BCUT2D eigenvalue weighted by Gasteiger charge is -2.26. The van der Waals surface area contributed by atoms with Gasteiger partial charge < -0.3 is 15.0 Å². The molecule has 1 amide bonds. The third-order valence-corrected chi connectivity index (χ3v) is 5.66. The standard InChI is InChI=1S/C25H21ClN4O2/c26-19-9-5-17(6-10-19)23-21-3-1-2-4-22(21)28-25(29-23)27-20-11-7-18(8-12-20)24(31)30-13-15-32-16-14-30/h1-12H,13-16H2,(H,27,28,29). The van der Waals surface area contributed by atoms with E-state index in [0.29, 0.717) is 42.8 Å². The van der Waals surface area contributed by atoms with Crippen LogP contribution < -0.4 is 5.32 Å². The Balaban J connectivity index is 1.42. The van der Waals surface area contributed by atoms with Gasteiger partial charge in [0.2, 0.25) is 5.95 Å². The normalized spacial score (nSPS) is 13.8. The highest BCUT2D eigenvalue weighted by molar-refractivity contribution is 6.30. The van der Waals surface area contributed by atoms with Crippen molar-refractivity contribution in [2.45, 2.75) is 0 Å². The number of benzene rings is 3. The van der Waals surface area contributed by atoms with Gasteiger partial charge in [0.05, 0.1) is 24.4 Å². The topological polar surface area (TPSA) is 67.4 Å². The molecule has 1 aliphatic rings. The molecule has 3 aromatic carbocycles. The number of rotatable bonds is 4. The maximum absolute atomic E-state index is 12.7. The lowest BCUT2D eigenvalue weighted by Crippen LogP contribution is -2.40. The van der Waals surface area contributed by atoms with Crippen LogP contribution in [0.5, 0.6) is 0 Å². The molecule has 0 spiro atoms. The number of halogens is 1. The lowest BCUT2D eigenvalue weighted by atomic mass is 10.1. The van der Waals surface area contributed by atoms with E-state index < -0.39 is 0 Å². The number of amides is 1. The van der Waals surface area contributed by atoms with E-state index in [1.807, 2.05) is 77.7 Å². The van der Waals surface area contributed by atoms with E-state index in [9.17, 15) is 4.79 Å². The minimum absolute atomic E-state index is 0.0202. The Hall–Kier alpha value is -3.48. The van der Waals surface area contributed by atoms with Gasteiger partial charge in [-0.1, -0.05) is 41.9 Å². The van der Waals surface area contributed by atoms with E-state index >= 15 is 0 Å². The van der Waals surface area contributed by atoms with Gasteiger partial charge >= 0.3 is 0 Å². The summed E-state index contributed by atoms with van der Waals surface area (Å²) in [4.78, 5) is 23.9. The van der Waals surface area contributed by atoms with Crippen molar-refractivity contribution in [1.82, 2.24) is 14.9 Å². The Labute approximate surface area is 190 Å². The molecule has 0 atom stereocenters. The molecule has 1 N–H and O–H groups in total. The third-order valence-electron chi connectivity index (χ3n) is 5.41. The highest BCUT2D eigenvalue weighted by Crippen LogP contribution is 2.29. The van der Waals surface area contributed by atoms with E-state index in [0.717, 1.165) is 27.8 Å². The Morgan fingerprint density at radius 1 is 0.906 bits per heavy atom. The van der Waals surface area contributed by atoms with Gasteiger partial charge in [0.1, 0.15) is 0 Å². The number of para-hydroxylation sites is 1. The second-order valence-corrected chi connectivity index (χ2v) is 7.96. The highest BCUT2D eigenvalue weighted by atomic mass is 35.5. The second kappa shape index (κ2) is 8.94. The van der Waals surface area contributed by atoms with Gasteiger partial charge in [0.15, 0.2) is 0 Å². The van der Waals surface area contributed by atoms with Crippen LogP contribution in [0, 0.1) is 0 Å². The minimum atomic E-state index is 0.0202. The number of hydrogen-bond acceptors (Lipinski definition) is 5. The summed E-state index contributed by atoms with van der Waals surface area (Å²) in [7, 11) is 0. The number of hydrogen-bond donors (Lipinski definition) is 1. The average molecular weight is 445 g/mol. The number of fused-ring (bicyclic) bond motifs is 1. The number of ether oxygens (including phenoxy) is 1. The fraction of sp³-hybridized carbons (Fsp3) is 0.160. The summed E-state index contributed by atoms with van der Waals surface area (Å²) in [5.41, 5.74) is 4.09. The first-order valence-corrected chi connectivity index (χ1v) is 10.8. The van der Waals surface area contributed by atoms with E-state index in [2.05, 4.69) is 10.3 Å². The minimum Gasteiger partial charge on any atom is -0.378 e. The maximum Gasteiger partial charge on any atom is 0.254 e. The molecule has 160 valence electrons. The average Bonchev–Trinajstić information content (AvgIpc) is 2.85. The number of nitrogens with one attached hydrogen (secondary N) is 1. The SMILES string of the molecule is O=C(c1ccc(Nc2nc(-c3ccc(Cl)cc3)c3ccccc3n2)cc1)N1CCOCC1. The molecular weight excluding hydrogens is 424 g/mol. The first-order chi connectivity index (χ1) is 15.7. The molecule has 0 unspecified atom stereocenters. The zero-order valence-corrected chi connectivity index (χ0v) is 18.0. The number of nitrogens with zero attached hydrogens (tertiary/aromatic N) is 3. The fourth-order valence-corrected chi connectivity index (χ4v) is 3.86. The van der Waals surface area contributed by atoms with Crippen LogP contribution in [0.15, 0.2) is 72.8 Å². The fourth-order valence-electron chi connectivity index (χ4n) is 3.73. The molecule has 0 saturated carbocycles. The number of carbonyl (C=O) groups excluding carboxylic acids is 1. The van der Waals surface area contributed by atoms with Crippen molar-refractivity contribution in [2.24, 2.45) is 0 Å². The zero-order valence-electron chi connectivity index (χ0n) is 17.3. The number of morpholine rings is 1. The first kappa shape index (κ1) is 20.4. The molecule has 7 heteroatoms. The Bertz CT molecular complexity index is 1250. The van der Waals surface area contributed by atoms with Crippen LogP contribution in [-0.4, -0.2) is 47.1 Å².